The van der Waals surface area contributed by atoms with Crippen LogP contribution in [0, 0.1) is 6.92 Å². The first-order valence-electron chi connectivity index (χ1n) is 8.30. The van der Waals surface area contributed by atoms with Gasteiger partial charge in [-0.15, -0.1) is 11.3 Å². The van der Waals surface area contributed by atoms with E-state index in [4.69, 9.17) is 4.74 Å². The number of hydrogen-bond acceptors (Lipinski definition) is 5. The summed E-state index contributed by atoms with van der Waals surface area (Å²) in [6, 6.07) is 11.3. The molecule has 26 heavy (non-hydrogen) atoms. The van der Waals surface area contributed by atoms with Crippen molar-refractivity contribution in [3.05, 3.63) is 57.8 Å². The van der Waals surface area contributed by atoms with Crippen molar-refractivity contribution >= 4 is 29.1 Å². The largest absolute Gasteiger partial charge is 0.452 e. The summed E-state index contributed by atoms with van der Waals surface area (Å²) in [6.45, 7) is 4.05. The van der Waals surface area contributed by atoms with Crippen LogP contribution in [0.25, 0.3) is 0 Å². The molecule has 1 unspecified atom stereocenters. The molecule has 0 radical (unpaired) electrons. The van der Waals surface area contributed by atoms with Crippen LogP contribution >= 0.6 is 11.3 Å². The summed E-state index contributed by atoms with van der Waals surface area (Å²) in [5.74, 6) is -1.12. The van der Waals surface area contributed by atoms with Gasteiger partial charge in [0.05, 0.1) is 11.3 Å². The first kappa shape index (κ1) is 19.7. The first-order valence-corrected chi connectivity index (χ1v) is 9.18. The molecule has 0 saturated carbocycles. The third-order valence-corrected chi connectivity index (χ3v) is 4.49. The average Bonchev–Trinajstić information content (AvgIpc) is 3.15. The lowest BCUT2D eigenvalue weighted by molar-refractivity contribution is -0.154. The zero-order valence-corrected chi connectivity index (χ0v) is 15.6. The molecule has 1 heterocycles. The van der Waals surface area contributed by atoms with Crippen LogP contribution in [0.3, 0.4) is 0 Å². The van der Waals surface area contributed by atoms with Gasteiger partial charge in [0.15, 0.2) is 6.10 Å². The molecule has 0 saturated heterocycles. The van der Waals surface area contributed by atoms with Gasteiger partial charge in [0.2, 0.25) is 0 Å². The van der Waals surface area contributed by atoms with Crippen LogP contribution < -0.4 is 10.6 Å². The summed E-state index contributed by atoms with van der Waals surface area (Å²) in [4.78, 5) is 36.1. The van der Waals surface area contributed by atoms with Crippen molar-refractivity contribution < 1.29 is 19.1 Å². The minimum absolute atomic E-state index is 0.00664. The van der Waals surface area contributed by atoms with Gasteiger partial charge in [0.1, 0.15) is 0 Å². The highest BCUT2D eigenvalue weighted by Crippen LogP contribution is 2.07. The van der Waals surface area contributed by atoms with Crippen LogP contribution in [0.1, 0.15) is 34.1 Å². The third kappa shape index (κ3) is 6.33. The van der Waals surface area contributed by atoms with Crippen LogP contribution in [0.2, 0.25) is 0 Å². The average molecular weight is 374 g/mol. The van der Waals surface area contributed by atoms with Gasteiger partial charge in [-0.2, -0.15) is 0 Å². The van der Waals surface area contributed by atoms with E-state index >= 15 is 0 Å². The van der Waals surface area contributed by atoms with Crippen molar-refractivity contribution in [3.8, 4) is 0 Å². The van der Waals surface area contributed by atoms with E-state index in [0.29, 0.717) is 11.4 Å². The Hall–Kier alpha value is -2.67. The number of rotatable bonds is 8. The molecule has 0 bridgehead atoms. The molecule has 2 amide bonds. The maximum absolute atomic E-state index is 12.0. The maximum atomic E-state index is 12.0. The number of aryl methyl sites for hydroxylation is 1. The summed E-state index contributed by atoms with van der Waals surface area (Å²) in [5, 5.41) is 7.18. The zero-order chi connectivity index (χ0) is 18.9. The van der Waals surface area contributed by atoms with Gasteiger partial charge in [-0.1, -0.05) is 35.9 Å². The molecule has 1 aromatic carbocycles. The summed E-state index contributed by atoms with van der Waals surface area (Å²) in [5.41, 5.74) is 2.12. The molecule has 2 N–H and O–H groups in total. The molecule has 0 aliphatic carbocycles. The molecule has 0 aliphatic rings. The van der Waals surface area contributed by atoms with E-state index in [-0.39, 0.29) is 24.8 Å². The summed E-state index contributed by atoms with van der Waals surface area (Å²) >= 11 is 1.33. The summed E-state index contributed by atoms with van der Waals surface area (Å²) < 4.78 is 5.09. The van der Waals surface area contributed by atoms with Crippen LogP contribution in [0.5, 0.6) is 0 Å². The number of thiophene rings is 1. The molecule has 0 spiro atoms. The lowest BCUT2D eigenvalue weighted by Gasteiger charge is -2.14. The van der Waals surface area contributed by atoms with E-state index in [2.05, 4.69) is 10.6 Å². The number of hydrogen-bond donors (Lipinski definition) is 2. The van der Waals surface area contributed by atoms with E-state index in [1.165, 1.54) is 18.3 Å². The molecule has 7 heteroatoms. The highest BCUT2D eigenvalue weighted by molar-refractivity contribution is 7.12. The van der Waals surface area contributed by atoms with Crippen LogP contribution in [-0.4, -0.2) is 30.4 Å². The predicted octanol–water partition coefficient (Wildman–Crippen LogP) is 2.42. The Morgan fingerprint density at radius 1 is 1.12 bits per heavy atom. The maximum Gasteiger partial charge on any atom is 0.308 e. The lowest BCUT2D eigenvalue weighted by Crippen LogP contribution is -2.36. The minimum atomic E-state index is -0.888. The van der Waals surface area contributed by atoms with E-state index in [0.717, 1.165) is 11.1 Å². The van der Waals surface area contributed by atoms with Crippen molar-refractivity contribution in [1.29, 1.82) is 0 Å². The second-order valence-corrected chi connectivity index (χ2v) is 6.77. The van der Waals surface area contributed by atoms with E-state index < -0.39 is 12.1 Å². The number of ether oxygens (including phenoxy) is 1. The normalized spacial score (nSPS) is 11.5. The Morgan fingerprint density at radius 2 is 1.85 bits per heavy atom. The Balaban J connectivity index is 1.66. The lowest BCUT2D eigenvalue weighted by atomic mass is 10.1. The summed E-state index contributed by atoms with van der Waals surface area (Å²) in [6.07, 6.45) is -0.881. The number of amides is 2. The molecule has 1 atom stereocenters. The molecule has 1 aromatic heterocycles. The van der Waals surface area contributed by atoms with Crippen molar-refractivity contribution in [2.75, 3.05) is 6.54 Å². The van der Waals surface area contributed by atoms with E-state index in [9.17, 15) is 14.4 Å². The summed E-state index contributed by atoms with van der Waals surface area (Å²) in [7, 11) is 0. The smallest absolute Gasteiger partial charge is 0.308 e. The second-order valence-electron chi connectivity index (χ2n) is 5.82. The SMILES string of the molecule is Cc1ccc(CNC(=O)C(C)OC(=O)CCNC(=O)c2cccs2)cc1. The van der Waals surface area contributed by atoms with Gasteiger partial charge in [0, 0.05) is 13.1 Å². The molecular formula is C19H22N2O4S. The monoisotopic (exact) mass is 374 g/mol. The van der Waals surface area contributed by atoms with Gasteiger partial charge >= 0.3 is 5.97 Å². The third-order valence-electron chi connectivity index (χ3n) is 3.62. The molecule has 0 aliphatic heterocycles. The second kappa shape index (κ2) is 9.72. The van der Waals surface area contributed by atoms with Crippen molar-refractivity contribution in [2.24, 2.45) is 0 Å². The number of esters is 1. The van der Waals surface area contributed by atoms with Crippen molar-refractivity contribution in [3.63, 3.8) is 0 Å². The zero-order valence-electron chi connectivity index (χ0n) is 14.8. The van der Waals surface area contributed by atoms with Crippen molar-refractivity contribution in [2.45, 2.75) is 32.9 Å². The van der Waals surface area contributed by atoms with E-state index in [1.54, 1.807) is 17.5 Å². The predicted molar refractivity (Wildman–Crippen MR) is 99.8 cm³/mol. The topological polar surface area (TPSA) is 84.5 Å². The highest BCUT2D eigenvalue weighted by Gasteiger charge is 2.17. The van der Waals surface area contributed by atoms with Crippen LogP contribution in [0.15, 0.2) is 41.8 Å². The number of nitrogens with one attached hydrogen (secondary N) is 2. The standard InChI is InChI=1S/C19H22N2O4S/c1-13-5-7-15(8-6-13)12-21-18(23)14(2)25-17(22)9-10-20-19(24)16-4-3-11-26-16/h3-8,11,14H,9-10,12H2,1-2H3,(H,20,24)(H,21,23). The van der Waals surface area contributed by atoms with Gasteiger partial charge in [-0.25, -0.2) is 0 Å². The first-order chi connectivity index (χ1) is 12.5. The van der Waals surface area contributed by atoms with Gasteiger partial charge < -0.3 is 15.4 Å². The Labute approximate surface area is 156 Å². The highest BCUT2D eigenvalue weighted by atomic mass is 32.1. The fraction of sp³-hybridized carbons (Fsp3) is 0.316. The van der Waals surface area contributed by atoms with Crippen molar-refractivity contribution in [1.82, 2.24) is 10.6 Å². The van der Waals surface area contributed by atoms with Gasteiger partial charge in [-0.3, -0.25) is 14.4 Å². The molecular weight excluding hydrogens is 352 g/mol. The molecule has 2 rings (SSSR count). The quantitative estimate of drug-likeness (QED) is 0.695. The number of carbonyl (C=O) groups is 3. The Kier molecular flexibility index (Phi) is 7.35. The fourth-order valence-corrected chi connectivity index (χ4v) is 2.76. The Morgan fingerprint density at radius 3 is 2.50 bits per heavy atom. The van der Waals surface area contributed by atoms with Crippen LogP contribution in [-0.2, 0) is 20.9 Å². The van der Waals surface area contributed by atoms with Gasteiger partial charge in [-0.05, 0) is 30.9 Å². The van der Waals surface area contributed by atoms with Crippen LogP contribution in [0.4, 0.5) is 0 Å². The fourth-order valence-electron chi connectivity index (χ4n) is 2.12. The molecule has 138 valence electrons. The minimum Gasteiger partial charge on any atom is -0.452 e. The molecule has 0 fully saturated rings. The molecule has 6 nitrogen and oxygen atoms in total. The van der Waals surface area contributed by atoms with E-state index in [1.807, 2.05) is 31.2 Å². The number of carbonyl (C=O) groups excluding carboxylic acids is 3. The number of benzene rings is 1. The van der Waals surface area contributed by atoms with Gasteiger partial charge in [0.25, 0.3) is 11.8 Å². The Bertz CT molecular complexity index is 741. The molecule has 2 aromatic rings.